The second kappa shape index (κ2) is 17.6. The van der Waals surface area contributed by atoms with Gasteiger partial charge in [0.25, 0.3) is 11.8 Å². The molecule has 6 N–H and O–H groups in total. The molecule has 3 aliphatic heterocycles. The largest absolute Gasteiger partial charge is 0.474 e. The van der Waals surface area contributed by atoms with Crippen molar-refractivity contribution >= 4 is 79.7 Å². The molecule has 9 atom stereocenters. The van der Waals surface area contributed by atoms with Gasteiger partial charge in [-0.2, -0.15) is 0 Å². The highest BCUT2D eigenvalue weighted by atomic mass is 33.1. The third-order valence-electron chi connectivity index (χ3n) is 9.31. The fourth-order valence-corrected chi connectivity index (χ4v) is 10.2. The molecule has 0 radical (unpaired) electrons. The molecule has 3 aromatic rings. The summed E-state index contributed by atoms with van der Waals surface area (Å²) >= 11 is 2.39. The van der Waals surface area contributed by atoms with E-state index in [1.54, 1.807) is 17.7 Å². The summed E-state index contributed by atoms with van der Waals surface area (Å²) in [4.78, 5) is 82.9. The molecule has 8 bridgehead atoms. The van der Waals surface area contributed by atoms with Crippen molar-refractivity contribution in [3.05, 3.63) is 68.1 Å². The van der Waals surface area contributed by atoms with Crippen LogP contribution < -0.4 is 26.6 Å². The van der Waals surface area contributed by atoms with Gasteiger partial charge in [0, 0.05) is 22.3 Å². The van der Waals surface area contributed by atoms with Gasteiger partial charge in [-0.05, 0) is 31.7 Å². The van der Waals surface area contributed by atoms with Gasteiger partial charge in [-0.15, -0.1) is 22.7 Å². The van der Waals surface area contributed by atoms with Crippen molar-refractivity contribution in [2.24, 2.45) is 10.9 Å². The van der Waals surface area contributed by atoms with Crippen LogP contribution in [0.2, 0.25) is 0 Å². The Bertz CT molecular complexity index is 1890. The van der Waals surface area contributed by atoms with Crippen molar-refractivity contribution in [2.45, 2.75) is 89.0 Å². The van der Waals surface area contributed by atoms with Gasteiger partial charge in [0.15, 0.2) is 6.04 Å². The molecule has 0 aliphatic carbocycles. The maximum atomic E-state index is 13.9. The van der Waals surface area contributed by atoms with E-state index in [2.05, 4.69) is 41.5 Å². The molecule has 54 heavy (non-hydrogen) atoms. The number of carbonyl (C=O) groups is 5. The van der Waals surface area contributed by atoms with Crippen molar-refractivity contribution < 1.29 is 33.8 Å². The molecule has 288 valence electrons. The zero-order valence-electron chi connectivity index (χ0n) is 29.9. The predicted octanol–water partition coefficient (Wildman–Crippen LogP) is 2.56. The Kier molecular flexibility index (Phi) is 12.9. The first-order chi connectivity index (χ1) is 25.9. The Morgan fingerprint density at radius 3 is 2.07 bits per heavy atom. The molecule has 19 heteroatoms. The van der Waals surface area contributed by atoms with Crippen LogP contribution >= 0.6 is 44.3 Å². The van der Waals surface area contributed by atoms with E-state index in [9.17, 15) is 29.1 Å². The van der Waals surface area contributed by atoms with Crippen LogP contribution in [0.5, 0.6) is 0 Å². The van der Waals surface area contributed by atoms with Gasteiger partial charge in [0.05, 0.1) is 18.2 Å². The van der Waals surface area contributed by atoms with Gasteiger partial charge in [-0.25, -0.2) is 15.0 Å². The number of fused-ring (bicyclic) bond motifs is 11. The summed E-state index contributed by atoms with van der Waals surface area (Å²) in [6.07, 6.45) is -0.955. The van der Waals surface area contributed by atoms with Crippen LogP contribution in [0.4, 0.5) is 0 Å². The quantitative estimate of drug-likeness (QED) is 0.206. The number of hydrogen-bond acceptors (Lipinski definition) is 14. The highest BCUT2D eigenvalue weighted by Crippen LogP contribution is 2.31. The minimum atomic E-state index is -1.39. The van der Waals surface area contributed by atoms with E-state index in [1.165, 1.54) is 51.2 Å². The Morgan fingerprint density at radius 1 is 0.796 bits per heavy atom. The van der Waals surface area contributed by atoms with Crippen molar-refractivity contribution in [1.29, 1.82) is 0 Å². The topological polar surface area (TPSA) is 213 Å². The molecule has 5 heterocycles. The lowest BCUT2D eigenvalue weighted by Crippen LogP contribution is -2.58. The van der Waals surface area contributed by atoms with E-state index in [0.29, 0.717) is 22.9 Å². The van der Waals surface area contributed by atoms with Gasteiger partial charge in [0.1, 0.15) is 45.6 Å². The Hall–Kier alpha value is -4.04. The molecule has 9 unspecified atom stereocenters. The number of aliphatic hydroxyl groups is 1. The minimum absolute atomic E-state index is 0.0433. The summed E-state index contributed by atoms with van der Waals surface area (Å²) in [5.41, 5.74) is 1.05. The van der Waals surface area contributed by atoms with E-state index >= 15 is 0 Å². The number of benzene rings is 1. The smallest absolute Gasteiger partial charge is 0.271 e. The SMILES string of the molecule is CCC(C)C1NC(=O)C2N=C(OC2C)C2CSSCC(NC(=O)c3csc1n3)C(=O)NC(C(C)O)C(=O)NC(Cc1ccccc1)c1nc(cs1)C(=O)N2. The fraction of sp³-hybridized carbons (Fsp3) is 0.486. The Balaban J connectivity index is 1.41. The first-order valence-corrected chi connectivity index (χ1v) is 21.8. The summed E-state index contributed by atoms with van der Waals surface area (Å²) < 4.78 is 6.14. The predicted molar refractivity (Wildman–Crippen MR) is 208 cm³/mol. The van der Waals surface area contributed by atoms with Crippen LogP contribution in [-0.4, -0.2) is 98.4 Å². The summed E-state index contributed by atoms with van der Waals surface area (Å²) in [5.74, 6) is -2.51. The maximum Gasteiger partial charge on any atom is 0.271 e. The summed E-state index contributed by atoms with van der Waals surface area (Å²) in [5, 5.41) is 29.2. The second-order valence-corrected chi connectivity index (χ2v) is 17.7. The van der Waals surface area contributed by atoms with E-state index in [0.717, 1.165) is 5.56 Å². The molecule has 2 aromatic heterocycles. The third-order valence-corrected chi connectivity index (χ3v) is 13.6. The van der Waals surface area contributed by atoms with Gasteiger partial charge >= 0.3 is 0 Å². The average molecular weight is 815 g/mol. The number of thiazole rings is 2. The minimum Gasteiger partial charge on any atom is -0.474 e. The summed E-state index contributed by atoms with van der Waals surface area (Å²) in [6, 6.07) is 3.84. The fourth-order valence-electron chi connectivity index (χ4n) is 6.00. The number of ether oxygens (including phenoxy) is 1. The van der Waals surface area contributed by atoms with Crippen molar-refractivity contribution in [1.82, 2.24) is 36.6 Å². The zero-order chi connectivity index (χ0) is 38.5. The van der Waals surface area contributed by atoms with Gasteiger partial charge in [-0.1, -0.05) is 72.2 Å². The van der Waals surface area contributed by atoms with E-state index in [1.807, 2.05) is 44.2 Å². The highest BCUT2D eigenvalue weighted by Gasteiger charge is 2.40. The molecule has 0 saturated heterocycles. The molecule has 15 nitrogen and oxygen atoms in total. The number of nitrogens with zero attached hydrogens (tertiary/aromatic N) is 3. The lowest BCUT2D eigenvalue weighted by Gasteiger charge is -2.26. The van der Waals surface area contributed by atoms with Crippen molar-refractivity contribution in [3.63, 3.8) is 0 Å². The van der Waals surface area contributed by atoms with Crippen molar-refractivity contribution in [3.8, 4) is 0 Å². The molecule has 0 spiro atoms. The van der Waals surface area contributed by atoms with E-state index < -0.39 is 72.1 Å². The molecule has 6 rings (SSSR count). The van der Waals surface area contributed by atoms with Crippen LogP contribution in [0, 0.1) is 5.92 Å². The normalized spacial score (nSPS) is 28.1. The first kappa shape index (κ1) is 39.6. The molecular weight excluding hydrogens is 773 g/mol. The van der Waals surface area contributed by atoms with Gasteiger partial charge < -0.3 is 36.4 Å². The number of aliphatic hydroxyl groups excluding tert-OH is 1. The molecule has 0 saturated carbocycles. The van der Waals surface area contributed by atoms with Crippen molar-refractivity contribution in [2.75, 3.05) is 11.5 Å². The van der Waals surface area contributed by atoms with Crippen LogP contribution in [0.3, 0.4) is 0 Å². The first-order valence-electron chi connectivity index (χ1n) is 17.6. The standard InChI is InChI=1S/C35H42N8O7S4/c1-5-16(2)25-35-40-22(13-52-35)28(45)37-23-14-53-54-15-24(33-43-27(18(4)50-33)32(49)41-25)38-29(46)21-12-51-34(39-21)20(11-19-9-7-6-8-10-19)36-31(48)26(17(3)44)42-30(23)47/h6-10,12-13,16-18,20,23-27,44H,5,11,14-15H2,1-4H3,(H,36,48)(H,37,45)(H,38,46)(H,41,49)(H,42,47). The Labute approximate surface area is 328 Å². The average Bonchev–Trinajstić information content (AvgIpc) is 3.93. The van der Waals surface area contributed by atoms with Crippen LogP contribution in [-0.2, 0) is 25.5 Å². The molecule has 3 aliphatic rings. The third kappa shape index (κ3) is 9.24. The molecule has 0 fully saturated rings. The number of hydrogen-bond donors (Lipinski definition) is 6. The number of amides is 5. The second-order valence-electron chi connectivity index (χ2n) is 13.3. The zero-order valence-corrected chi connectivity index (χ0v) is 33.2. The monoisotopic (exact) mass is 814 g/mol. The lowest BCUT2D eigenvalue weighted by molar-refractivity contribution is -0.132. The summed E-state index contributed by atoms with van der Waals surface area (Å²) in [6.45, 7) is 7.08. The number of aromatic nitrogens is 2. The van der Waals surface area contributed by atoms with Gasteiger partial charge in [-0.3, -0.25) is 24.0 Å². The van der Waals surface area contributed by atoms with E-state index in [-0.39, 0.29) is 40.6 Å². The lowest BCUT2D eigenvalue weighted by atomic mass is 9.99. The van der Waals surface area contributed by atoms with E-state index in [4.69, 9.17) is 4.74 Å². The van der Waals surface area contributed by atoms with Crippen LogP contribution in [0.15, 0.2) is 46.1 Å². The number of aliphatic imine (C=N–C) groups is 1. The number of nitrogens with one attached hydrogen (secondary N) is 5. The molecule has 1 aromatic carbocycles. The van der Waals surface area contributed by atoms with Crippen LogP contribution in [0.1, 0.15) is 82.8 Å². The maximum absolute atomic E-state index is 13.9. The Morgan fingerprint density at radius 2 is 1.41 bits per heavy atom. The number of carbonyl (C=O) groups excluding carboxylic acids is 5. The van der Waals surface area contributed by atoms with Gasteiger partial charge in [0.2, 0.25) is 23.6 Å². The highest BCUT2D eigenvalue weighted by molar-refractivity contribution is 8.76. The molecular formula is C35H42N8O7S4. The number of rotatable bonds is 5. The summed E-state index contributed by atoms with van der Waals surface area (Å²) in [7, 11) is 2.53. The molecule has 5 amide bonds. The van der Waals surface area contributed by atoms with Crippen LogP contribution in [0.25, 0.3) is 0 Å².